The summed E-state index contributed by atoms with van der Waals surface area (Å²) in [5.74, 6) is 0.520. The van der Waals surface area contributed by atoms with E-state index in [-0.39, 0.29) is 0 Å². The molecule has 1 aromatic rings. The molecule has 1 rings (SSSR count). The number of hydrogen-bond acceptors (Lipinski definition) is 2. The molecule has 0 amide bonds. The lowest BCUT2D eigenvalue weighted by atomic mass is 10.0. The van der Waals surface area contributed by atoms with Gasteiger partial charge in [0.15, 0.2) is 0 Å². The molecule has 0 saturated heterocycles. The van der Waals surface area contributed by atoms with Crippen LogP contribution in [0.5, 0.6) is 5.75 Å². The number of aryl methyl sites for hydroxylation is 1. The van der Waals surface area contributed by atoms with Gasteiger partial charge in [-0.15, -0.1) is 0 Å². The second-order valence-electron chi connectivity index (χ2n) is 4.22. The van der Waals surface area contributed by atoms with Gasteiger partial charge in [0.2, 0.25) is 0 Å². The summed E-state index contributed by atoms with van der Waals surface area (Å²) in [6, 6.07) is 2.25. The Morgan fingerprint density at radius 1 is 1.24 bits per heavy atom. The lowest BCUT2D eigenvalue weighted by Crippen LogP contribution is -2.14. The monoisotopic (exact) mass is 247 g/mol. The molecule has 96 valence electrons. The second kappa shape index (κ2) is 4.96. The van der Waals surface area contributed by atoms with Crippen LogP contribution in [0.3, 0.4) is 0 Å². The second-order valence-corrected chi connectivity index (χ2v) is 4.22. The van der Waals surface area contributed by atoms with E-state index in [4.69, 9.17) is 4.74 Å². The maximum Gasteiger partial charge on any atom is 0.416 e. The molecule has 0 aliphatic heterocycles. The van der Waals surface area contributed by atoms with Gasteiger partial charge in [-0.1, -0.05) is 0 Å². The van der Waals surface area contributed by atoms with E-state index in [0.29, 0.717) is 23.4 Å². The maximum absolute atomic E-state index is 12.7. The van der Waals surface area contributed by atoms with Crippen molar-refractivity contribution in [2.24, 2.45) is 0 Å². The molecule has 0 atom stereocenters. The van der Waals surface area contributed by atoms with Crippen molar-refractivity contribution in [2.75, 3.05) is 21.2 Å². The van der Waals surface area contributed by atoms with E-state index in [9.17, 15) is 13.2 Å². The third-order valence-corrected chi connectivity index (χ3v) is 2.37. The van der Waals surface area contributed by atoms with Gasteiger partial charge in [0.25, 0.3) is 0 Å². The molecular formula is C12H16F3NO. The van der Waals surface area contributed by atoms with Crippen LogP contribution < -0.4 is 4.74 Å². The number of methoxy groups -OCH3 is 1. The van der Waals surface area contributed by atoms with Crippen LogP contribution in [0.1, 0.15) is 16.7 Å². The van der Waals surface area contributed by atoms with Gasteiger partial charge in [0.1, 0.15) is 5.75 Å². The highest BCUT2D eigenvalue weighted by Crippen LogP contribution is 2.35. The SMILES string of the molecule is COc1c(C)cc(C(F)(F)F)cc1CN(C)C. The zero-order chi connectivity index (χ0) is 13.2. The molecule has 1 aromatic carbocycles. The smallest absolute Gasteiger partial charge is 0.416 e. The van der Waals surface area contributed by atoms with Crippen LogP contribution >= 0.6 is 0 Å². The number of benzene rings is 1. The zero-order valence-electron chi connectivity index (χ0n) is 10.4. The minimum absolute atomic E-state index is 0.411. The third kappa shape index (κ3) is 3.36. The molecule has 0 aliphatic carbocycles. The molecule has 0 N–H and O–H groups in total. The van der Waals surface area contributed by atoms with Gasteiger partial charge in [0, 0.05) is 12.1 Å². The molecule has 0 heterocycles. The molecule has 0 bridgehead atoms. The first-order valence-corrected chi connectivity index (χ1v) is 5.15. The molecule has 0 spiro atoms. The topological polar surface area (TPSA) is 12.5 Å². The lowest BCUT2D eigenvalue weighted by Gasteiger charge is -2.18. The van der Waals surface area contributed by atoms with Gasteiger partial charge in [-0.2, -0.15) is 13.2 Å². The Kier molecular flexibility index (Phi) is 4.03. The molecule has 0 radical (unpaired) electrons. The largest absolute Gasteiger partial charge is 0.496 e. The molecule has 17 heavy (non-hydrogen) atoms. The Bertz CT molecular complexity index is 399. The van der Waals surface area contributed by atoms with Crippen LogP contribution in [0.2, 0.25) is 0 Å². The summed E-state index contributed by atoms with van der Waals surface area (Å²) in [4.78, 5) is 1.80. The Balaban J connectivity index is 3.28. The number of alkyl halides is 3. The Hall–Kier alpha value is -1.23. The van der Waals surface area contributed by atoms with E-state index in [1.807, 2.05) is 0 Å². The minimum Gasteiger partial charge on any atom is -0.496 e. The van der Waals surface area contributed by atoms with Crippen LogP contribution in [0, 0.1) is 6.92 Å². The third-order valence-electron chi connectivity index (χ3n) is 2.37. The van der Waals surface area contributed by atoms with E-state index in [2.05, 4.69) is 0 Å². The van der Waals surface area contributed by atoms with Gasteiger partial charge >= 0.3 is 6.18 Å². The van der Waals surface area contributed by atoms with Crippen LogP contribution in [0.4, 0.5) is 13.2 Å². The van der Waals surface area contributed by atoms with Crippen molar-refractivity contribution in [2.45, 2.75) is 19.6 Å². The van der Waals surface area contributed by atoms with E-state index in [0.717, 1.165) is 12.1 Å². The highest BCUT2D eigenvalue weighted by Gasteiger charge is 2.31. The van der Waals surface area contributed by atoms with Crippen LogP contribution in [0.15, 0.2) is 12.1 Å². The Morgan fingerprint density at radius 2 is 1.82 bits per heavy atom. The Morgan fingerprint density at radius 3 is 2.24 bits per heavy atom. The van der Waals surface area contributed by atoms with Crippen LogP contribution in [-0.2, 0) is 12.7 Å². The number of ether oxygens (including phenoxy) is 1. The Labute approximate surface area is 99.0 Å². The molecule has 5 heteroatoms. The highest BCUT2D eigenvalue weighted by atomic mass is 19.4. The van der Waals surface area contributed by atoms with Gasteiger partial charge < -0.3 is 9.64 Å². The van der Waals surface area contributed by atoms with Crippen molar-refractivity contribution in [1.29, 1.82) is 0 Å². The number of halogens is 3. The van der Waals surface area contributed by atoms with E-state index in [1.54, 1.807) is 25.9 Å². The summed E-state index contributed by atoms with van der Waals surface area (Å²) >= 11 is 0. The van der Waals surface area contributed by atoms with Crippen molar-refractivity contribution in [1.82, 2.24) is 4.90 Å². The average molecular weight is 247 g/mol. The molecule has 0 fully saturated rings. The highest BCUT2D eigenvalue weighted by molar-refractivity contribution is 5.44. The van der Waals surface area contributed by atoms with Crippen molar-refractivity contribution in [3.8, 4) is 5.75 Å². The van der Waals surface area contributed by atoms with E-state index >= 15 is 0 Å². The zero-order valence-corrected chi connectivity index (χ0v) is 10.4. The summed E-state index contributed by atoms with van der Waals surface area (Å²) < 4.78 is 43.2. The number of nitrogens with zero attached hydrogens (tertiary/aromatic N) is 1. The van der Waals surface area contributed by atoms with Gasteiger partial charge in [-0.05, 0) is 38.7 Å². The first kappa shape index (κ1) is 13.8. The van der Waals surface area contributed by atoms with Crippen molar-refractivity contribution < 1.29 is 17.9 Å². The maximum atomic E-state index is 12.7. The lowest BCUT2D eigenvalue weighted by molar-refractivity contribution is -0.137. The molecule has 0 unspecified atom stereocenters. The average Bonchev–Trinajstić information content (AvgIpc) is 2.14. The summed E-state index contributed by atoms with van der Waals surface area (Å²) in [6.45, 7) is 2.03. The van der Waals surface area contributed by atoms with Gasteiger partial charge in [0.05, 0.1) is 12.7 Å². The normalized spacial score (nSPS) is 12.0. The number of rotatable bonds is 3. The quantitative estimate of drug-likeness (QED) is 0.813. The van der Waals surface area contributed by atoms with Crippen LogP contribution in [0.25, 0.3) is 0 Å². The first-order chi connectivity index (χ1) is 7.75. The van der Waals surface area contributed by atoms with Crippen LogP contribution in [-0.4, -0.2) is 26.1 Å². The van der Waals surface area contributed by atoms with Crippen molar-refractivity contribution >= 4 is 0 Å². The fourth-order valence-electron chi connectivity index (χ4n) is 1.76. The molecule has 2 nitrogen and oxygen atoms in total. The fraction of sp³-hybridized carbons (Fsp3) is 0.500. The number of hydrogen-bond donors (Lipinski definition) is 0. The standard InChI is InChI=1S/C12H16F3NO/c1-8-5-10(12(13,14)15)6-9(7-16(2)3)11(8)17-4/h5-6H,7H2,1-4H3. The summed E-state index contributed by atoms with van der Waals surface area (Å²) in [5.41, 5.74) is 0.414. The predicted octanol–water partition coefficient (Wildman–Crippen LogP) is 3.08. The molecule has 0 aromatic heterocycles. The molecule has 0 saturated carbocycles. The van der Waals surface area contributed by atoms with E-state index in [1.165, 1.54) is 7.11 Å². The predicted molar refractivity (Wildman–Crippen MR) is 60.1 cm³/mol. The fourth-order valence-corrected chi connectivity index (χ4v) is 1.76. The van der Waals surface area contributed by atoms with Gasteiger partial charge in [-0.3, -0.25) is 0 Å². The summed E-state index contributed by atoms with van der Waals surface area (Å²) in [5, 5.41) is 0. The summed E-state index contributed by atoms with van der Waals surface area (Å²) in [6.07, 6.45) is -4.32. The van der Waals surface area contributed by atoms with Crippen molar-refractivity contribution in [3.05, 3.63) is 28.8 Å². The first-order valence-electron chi connectivity index (χ1n) is 5.15. The molecule has 0 aliphatic rings. The van der Waals surface area contributed by atoms with Gasteiger partial charge in [-0.25, -0.2) is 0 Å². The molecular weight excluding hydrogens is 231 g/mol. The van der Waals surface area contributed by atoms with Crippen molar-refractivity contribution in [3.63, 3.8) is 0 Å². The van der Waals surface area contributed by atoms with E-state index < -0.39 is 11.7 Å². The minimum atomic E-state index is -4.32. The summed E-state index contributed by atoms with van der Waals surface area (Å²) in [7, 11) is 5.07.